The number of phenolic OH excluding ortho intramolecular Hbond substituents is 1. The summed E-state index contributed by atoms with van der Waals surface area (Å²) in [6.07, 6.45) is 5.61. The highest BCUT2D eigenvalue weighted by molar-refractivity contribution is 5.68. The zero-order chi connectivity index (χ0) is 17.4. The monoisotopic (exact) mass is 337 g/mol. The van der Waals surface area contributed by atoms with Crippen molar-refractivity contribution in [3.05, 3.63) is 59.7 Å². The predicted octanol–water partition coefficient (Wildman–Crippen LogP) is 4.63. The Kier molecular flexibility index (Phi) is 4.04. The van der Waals surface area contributed by atoms with E-state index < -0.39 is 0 Å². The molecule has 3 atom stereocenters. The van der Waals surface area contributed by atoms with Gasteiger partial charge in [0.1, 0.15) is 5.75 Å². The molecule has 1 aliphatic heterocycles. The quantitative estimate of drug-likeness (QED) is 0.799. The summed E-state index contributed by atoms with van der Waals surface area (Å²) in [6, 6.07) is 12.0. The summed E-state index contributed by atoms with van der Waals surface area (Å²) in [5.74, 6) is 2.39. The van der Waals surface area contributed by atoms with Crippen LogP contribution in [0.25, 0.3) is 0 Å². The lowest BCUT2D eigenvalue weighted by atomic mass is 9.77. The highest BCUT2D eigenvalue weighted by Crippen LogP contribution is 2.52. The summed E-state index contributed by atoms with van der Waals surface area (Å²) in [5.41, 5.74) is 3.49. The minimum atomic E-state index is 0.142. The van der Waals surface area contributed by atoms with Crippen molar-refractivity contribution in [3.63, 3.8) is 0 Å². The number of anilines is 1. The molecule has 4 heteroatoms. The van der Waals surface area contributed by atoms with Gasteiger partial charge in [0.15, 0.2) is 11.5 Å². The van der Waals surface area contributed by atoms with Gasteiger partial charge in [0, 0.05) is 5.92 Å². The Morgan fingerprint density at radius 2 is 2.08 bits per heavy atom. The van der Waals surface area contributed by atoms with Crippen molar-refractivity contribution in [3.8, 4) is 17.2 Å². The van der Waals surface area contributed by atoms with Crippen LogP contribution >= 0.6 is 0 Å². The first-order valence-electron chi connectivity index (χ1n) is 8.78. The Morgan fingerprint density at radius 1 is 1.20 bits per heavy atom. The summed E-state index contributed by atoms with van der Waals surface area (Å²) in [5, 5.41) is 13.6. The van der Waals surface area contributed by atoms with Crippen LogP contribution in [0, 0.1) is 5.92 Å². The molecule has 0 saturated carbocycles. The number of rotatable bonds is 4. The maximum atomic E-state index is 9.91. The van der Waals surface area contributed by atoms with Gasteiger partial charge >= 0.3 is 0 Å². The first-order chi connectivity index (χ1) is 12.2. The number of allylic oxidation sites excluding steroid dienone is 2. The largest absolute Gasteiger partial charge is 0.504 e. The number of nitrogens with one attached hydrogen (secondary N) is 1. The van der Waals surface area contributed by atoms with Crippen LogP contribution < -0.4 is 14.8 Å². The van der Waals surface area contributed by atoms with Gasteiger partial charge in [-0.15, -0.1) is 0 Å². The SMILES string of the molecule is CCOc1cccc2c1NC(c1ccc(O)c(OC)c1)C1CC=CC21. The van der Waals surface area contributed by atoms with Gasteiger partial charge in [-0.1, -0.05) is 30.4 Å². The van der Waals surface area contributed by atoms with Gasteiger partial charge in [-0.25, -0.2) is 0 Å². The second kappa shape index (κ2) is 6.36. The van der Waals surface area contributed by atoms with E-state index >= 15 is 0 Å². The molecule has 0 aromatic heterocycles. The van der Waals surface area contributed by atoms with Crippen LogP contribution in [-0.2, 0) is 0 Å². The molecular weight excluding hydrogens is 314 g/mol. The fourth-order valence-corrected chi connectivity index (χ4v) is 4.09. The van der Waals surface area contributed by atoms with E-state index in [0.29, 0.717) is 24.2 Å². The lowest BCUT2D eigenvalue weighted by Crippen LogP contribution is -2.29. The summed E-state index contributed by atoms with van der Waals surface area (Å²) < 4.78 is 11.2. The first-order valence-corrected chi connectivity index (χ1v) is 8.78. The van der Waals surface area contributed by atoms with Crippen LogP contribution in [0.15, 0.2) is 48.6 Å². The average molecular weight is 337 g/mol. The van der Waals surface area contributed by atoms with Gasteiger partial charge in [-0.2, -0.15) is 0 Å². The van der Waals surface area contributed by atoms with Crippen molar-refractivity contribution in [2.24, 2.45) is 5.92 Å². The fourth-order valence-electron chi connectivity index (χ4n) is 4.09. The Morgan fingerprint density at radius 3 is 2.88 bits per heavy atom. The molecule has 0 spiro atoms. The van der Waals surface area contributed by atoms with Crippen LogP contribution in [0.3, 0.4) is 0 Å². The molecule has 3 unspecified atom stereocenters. The lowest BCUT2D eigenvalue weighted by Gasteiger charge is -2.38. The molecule has 0 fully saturated rings. The van der Waals surface area contributed by atoms with Crippen LogP contribution in [-0.4, -0.2) is 18.8 Å². The molecule has 1 heterocycles. The van der Waals surface area contributed by atoms with E-state index in [9.17, 15) is 5.11 Å². The Hall–Kier alpha value is -2.62. The second-order valence-corrected chi connectivity index (χ2v) is 6.56. The highest BCUT2D eigenvalue weighted by atomic mass is 16.5. The Bertz CT molecular complexity index is 815. The molecule has 2 aromatic rings. The summed E-state index contributed by atoms with van der Waals surface area (Å²) >= 11 is 0. The van der Waals surface area contributed by atoms with Crippen molar-refractivity contribution >= 4 is 5.69 Å². The van der Waals surface area contributed by atoms with E-state index in [0.717, 1.165) is 23.4 Å². The van der Waals surface area contributed by atoms with E-state index in [2.05, 4.69) is 29.6 Å². The molecule has 130 valence electrons. The number of ether oxygens (including phenoxy) is 2. The fraction of sp³-hybridized carbons (Fsp3) is 0.333. The van der Waals surface area contributed by atoms with Gasteiger partial charge < -0.3 is 19.9 Å². The van der Waals surface area contributed by atoms with E-state index in [1.807, 2.05) is 25.1 Å². The van der Waals surface area contributed by atoms with Gasteiger partial charge in [0.2, 0.25) is 0 Å². The van der Waals surface area contributed by atoms with Gasteiger partial charge in [-0.05, 0) is 48.6 Å². The van der Waals surface area contributed by atoms with E-state index in [1.165, 1.54) is 5.56 Å². The summed E-state index contributed by atoms with van der Waals surface area (Å²) in [7, 11) is 1.58. The summed E-state index contributed by atoms with van der Waals surface area (Å²) in [6.45, 7) is 2.64. The third kappa shape index (κ3) is 2.62. The summed E-state index contributed by atoms with van der Waals surface area (Å²) in [4.78, 5) is 0. The van der Waals surface area contributed by atoms with Crippen LogP contribution in [0.1, 0.15) is 36.4 Å². The van der Waals surface area contributed by atoms with E-state index in [-0.39, 0.29) is 11.8 Å². The standard InChI is InChI=1S/C21H23NO3/c1-3-25-18-9-5-8-16-14-6-4-7-15(14)20(22-21(16)18)13-10-11-17(23)19(12-13)24-2/h4-6,8-12,14-15,20,22-23H,3,7H2,1-2H3. The van der Waals surface area contributed by atoms with Crippen molar-refractivity contribution in [1.82, 2.24) is 0 Å². The predicted molar refractivity (Wildman–Crippen MR) is 98.6 cm³/mol. The van der Waals surface area contributed by atoms with Gasteiger partial charge in [-0.3, -0.25) is 0 Å². The van der Waals surface area contributed by atoms with Crippen LogP contribution in [0.2, 0.25) is 0 Å². The third-order valence-corrected chi connectivity index (χ3v) is 5.22. The number of phenols is 1. The van der Waals surface area contributed by atoms with Crippen LogP contribution in [0.4, 0.5) is 5.69 Å². The zero-order valence-electron chi connectivity index (χ0n) is 14.5. The molecule has 25 heavy (non-hydrogen) atoms. The number of aromatic hydroxyl groups is 1. The second-order valence-electron chi connectivity index (χ2n) is 6.56. The maximum Gasteiger partial charge on any atom is 0.160 e. The molecule has 0 radical (unpaired) electrons. The number of fused-ring (bicyclic) bond motifs is 3. The molecular formula is C21H23NO3. The maximum absolute atomic E-state index is 9.91. The number of benzene rings is 2. The topological polar surface area (TPSA) is 50.7 Å². The molecule has 2 N–H and O–H groups in total. The molecule has 0 amide bonds. The number of para-hydroxylation sites is 1. The zero-order valence-corrected chi connectivity index (χ0v) is 14.5. The molecule has 4 rings (SSSR count). The van der Waals surface area contributed by atoms with E-state index in [1.54, 1.807) is 13.2 Å². The Labute approximate surface area is 148 Å². The molecule has 1 aliphatic carbocycles. The first kappa shape index (κ1) is 15.9. The average Bonchev–Trinajstić information content (AvgIpc) is 3.12. The van der Waals surface area contributed by atoms with Crippen molar-refractivity contribution in [2.45, 2.75) is 25.3 Å². The van der Waals surface area contributed by atoms with Gasteiger partial charge in [0.05, 0.1) is 25.4 Å². The minimum Gasteiger partial charge on any atom is -0.504 e. The lowest BCUT2D eigenvalue weighted by molar-refractivity contribution is 0.337. The normalized spacial score (nSPS) is 23.5. The van der Waals surface area contributed by atoms with Crippen molar-refractivity contribution in [1.29, 1.82) is 0 Å². The van der Waals surface area contributed by atoms with Crippen molar-refractivity contribution < 1.29 is 14.6 Å². The van der Waals surface area contributed by atoms with Crippen LogP contribution in [0.5, 0.6) is 17.2 Å². The molecule has 0 saturated heterocycles. The highest BCUT2D eigenvalue weighted by Gasteiger charge is 2.39. The van der Waals surface area contributed by atoms with Gasteiger partial charge in [0.25, 0.3) is 0 Å². The minimum absolute atomic E-state index is 0.142. The molecule has 2 aliphatic rings. The molecule has 2 aromatic carbocycles. The van der Waals surface area contributed by atoms with Crippen molar-refractivity contribution in [2.75, 3.05) is 19.0 Å². The number of methoxy groups -OCH3 is 1. The number of hydrogen-bond donors (Lipinski definition) is 2. The Balaban J connectivity index is 1.78. The smallest absolute Gasteiger partial charge is 0.160 e. The molecule has 0 bridgehead atoms. The van der Waals surface area contributed by atoms with E-state index in [4.69, 9.17) is 9.47 Å². The molecule has 4 nitrogen and oxygen atoms in total. The third-order valence-electron chi connectivity index (χ3n) is 5.22. The number of hydrogen-bond acceptors (Lipinski definition) is 4.